The average molecular weight is 240 g/mol. The van der Waals surface area contributed by atoms with E-state index in [1.54, 1.807) is 13.3 Å². The molecule has 0 amide bonds. The van der Waals surface area contributed by atoms with E-state index in [0.717, 1.165) is 11.4 Å². The molecule has 2 rings (SSSR count). The van der Waals surface area contributed by atoms with Crippen molar-refractivity contribution in [1.29, 1.82) is 5.26 Å². The minimum absolute atomic E-state index is 0.298. The average Bonchev–Trinajstić information content (AvgIpc) is 2.46. The van der Waals surface area contributed by atoms with Gasteiger partial charge < -0.3 is 9.64 Å². The summed E-state index contributed by atoms with van der Waals surface area (Å²) in [7, 11) is 3.49. The lowest BCUT2D eigenvalue weighted by Crippen LogP contribution is -2.12. The molecule has 0 fully saturated rings. The van der Waals surface area contributed by atoms with Gasteiger partial charge in [0.2, 0.25) is 0 Å². The Morgan fingerprint density at radius 1 is 1.22 bits per heavy atom. The van der Waals surface area contributed by atoms with Gasteiger partial charge in [0.25, 0.3) is 0 Å². The summed E-state index contributed by atoms with van der Waals surface area (Å²) in [6, 6.07) is 9.57. The first-order chi connectivity index (χ1) is 8.76. The van der Waals surface area contributed by atoms with Crippen molar-refractivity contribution in [3.8, 4) is 11.8 Å². The van der Waals surface area contributed by atoms with Gasteiger partial charge in [-0.05, 0) is 12.1 Å². The SMILES string of the molecule is COc1ccccc1N(C)c1cnc(C#N)cn1. The van der Waals surface area contributed by atoms with Crippen LogP contribution in [0, 0.1) is 11.3 Å². The van der Waals surface area contributed by atoms with Crippen molar-refractivity contribution < 1.29 is 4.74 Å². The highest BCUT2D eigenvalue weighted by Gasteiger charge is 2.10. The predicted octanol–water partition coefficient (Wildman–Crippen LogP) is 2.12. The van der Waals surface area contributed by atoms with Crippen LogP contribution in [0.15, 0.2) is 36.7 Å². The first-order valence-corrected chi connectivity index (χ1v) is 5.35. The predicted molar refractivity (Wildman–Crippen MR) is 67.8 cm³/mol. The number of hydrogen-bond donors (Lipinski definition) is 0. The molecule has 0 bridgehead atoms. The highest BCUT2D eigenvalue weighted by Crippen LogP contribution is 2.30. The Labute approximate surface area is 105 Å². The molecule has 0 saturated heterocycles. The molecule has 0 atom stereocenters. The standard InChI is InChI=1S/C13H12N4O/c1-17(11-5-3-4-6-12(11)18-2)13-9-15-10(7-14)8-16-13/h3-6,8-9H,1-2H3. The van der Waals surface area contributed by atoms with Gasteiger partial charge in [-0.2, -0.15) is 5.26 Å². The normalized spacial score (nSPS) is 9.61. The second-order valence-electron chi connectivity index (χ2n) is 3.60. The molecule has 0 aliphatic heterocycles. The molecule has 0 aliphatic rings. The molecule has 0 saturated carbocycles. The van der Waals surface area contributed by atoms with Crippen molar-refractivity contribution >= 4 is 11.5 Å². The summed E-state index contributed by atoms with van der Waals surface area (Å²) in [6.45, 7) is 0. The second kappa shape index (κ2) is 5.15. The zero-order chi connectivity index (χ0) is 13.0. The van der Waals surface area contributed by atoms with Gasteiger partial charge in [-0.1, -0.05) is 12.1 Å². The van der Waals surface area contributed by atoms with E-state index in [4.69, 9.17) is 10.00 Å². The van der Waals surface area contributed by atoms with E-state index in [9.17, 15) is 0 Å². The van der Waals surface area contributed by atoms with Crippen LogP contribution in [0.3, 0.4) is 0 Å². The molecule has 1 heterocycles. The maximum absolute atomic E-state index is 8.68. The summed E-state index contributed by atoms with van der Waals surface area (Å²) in [5.41, 5.74) is 1.19. The number of ether oxygens (including phenoxy) is 1. The third kappa shape index (κ3) is 2.23. The van der Waals surface area contributed by atoms with E-state index in [0.29, 0.717) is 11.5 Å². The molecule has 0 spiro atoms. The van der Waals surface area contributed by atoms with Gasteiger partial charge in [-0.3, -0.25) is 0 Å². The van der Waals surface area contributed by atoms with E-state index in [1.807, 2.05) is 42.3 Å². The molecule has 0 unspecified atom stereocenters. The van der Waals surface area contributed by atoms with Crippen LogP contribution < -0.4 is 9.64 Å². The molecule has 0 N–H and O–H groups in total. The molecule has 90 valence electrons. The van der Waals surface area contributed by atoms with E-state index >= 15 is 0 Å². The third-order valence-electron chi connectivity index (χ3n) is 2.54. The van der Waals surface area contributed by atoms with Crippen LogP contribution >= 0.6 is 0 Å². The van der Waals surface area contributed by atoms with Gasteiger partial charge in [0.15, 0.2) is 11.5 Å². The summed E-state index contributed by atoms with van der Waals surface area (Å²) < 4.78 is 5.29. The summed E-state index contributed by atoms with van der Waals surface area (Å²) in [5, 5.41) is 8.68. The number of benzene rings is 1. The molecule has 18 heavy (non-hydrogen) atoms. The van der Waals surface area contributed by atoms with E-state index in [1.165, 1.54) is 6.20 Å². The summed E-state index contributed by atoms with van der Waals surface area (Å²) in [6.07, 6.45) is 3.01. The fraction of sp³-hybridized carbons (Fsp3) is 0.154. The molecule has 1 aromatic heterocycles. The first-order valence-electron chi connectivity index (χ1n) is 5.35. The Hall–Kier alpha value is -2.61. The van der Waals surface area contributed by atoms with Crippen molar-refractivity contribution in [2.24, 2.45) is 0 Å². The number of nitrogens with zero attached hydrogens (tertiary/aromatic N) is 4. The van der Waals surface area contributed by atoms with Gasteiger partial charge in [-0.15, -0.1) is 0 Å². The Balaban J connectivity index is 2.35. The number of nitriles is 1. The van der Waals surface area contributed by atoms with Crippen molar-refractivity contribution in [3.63, 3.8) is 0 Å². The molecular weight excluding hydrogens is 228 g/mol. The molecule has 0 radical (unpaired) electrons. The fourth-order valence-electron chi connectivity index (χ4n) is 1.58. The zero-order valence-corrected chi connectivity index (χ0v) is 10.2. The number of anilines is 2. The van der Waals surface area contributed by atoms with Crippen LogP contribution in [0.1, 0.15) is 5.69 Å². The van der Waals surface area contributed by atoms with E-state index < -0.39 is 0 Å². The molecule has 5 heteroatoms. The molecule has 2 aromatic rings. The Bertz CT molecular complexity index is 574. The Morgan fingerprint density at radius 3 is 2.61 bits per heavy atom. The Kier molecular flexibility index (Phi) is 3.39. The second-order valence-corrected chi connectivity index (χ2v) is 3.60. The van der Waals surface area contributed by atoms with Crippen molar-refractivity contribution in [2.75, 3.05) is 19.1 Å². The van der Waals surface area contributed by atoms with Crippen molar-refractivity contribution in [2.45, 2.75) is 0 Å². The highest BCUT2D eigenvalue weighted by molar-refractivity contribution is 5.65. The van der Waals surface area contributed by atoms with Gasteiger partial charge in [0.05, 0.1) is 25.2 Å². The lowest BCUT2D eigenvalue weighted by atomic mass is 10.2. The summed E-state index contributed by atoms with van der Waals surface area (Å²) in [4.78, 5) is 10.0. The van der Waals surface area contributed by atoms with Crippen LogP contribution in [-0.2, 0) is 0 Å². The van der Waals surface area contributed by atoms with Crippen LogP contribution in [-0.4, -0.2) is 24.1 Å². The smallest absolute Gasteiger partial charge is 0.158 e. The zero-order valence-electron chi connectivity index (χ0n) is 10.2. The lowest BCUT2D eigenvalue weighted by molar-refractivity contribution is 0.415. The fourth-order valence-corrected chi connectivity index (χ4v) is 1.58. The van der Waals surface area contributed by atoms with Crippen LogP contribution in [0.4, 0.5) is 11.5 Å². The largest absolute Gasteiger partial charge is 0.495 e. The third-order valence-corrected chi connectivity index (χ3v) is 2.54. The number of para-hydroxylation sites is 2. The molecule has 0 aliphatic carbocycles. The number of hydrogen-bond acceptors (Lipinski definition) is 5. The van der Waals surface area contributed by atoms with E-state index in [2.05, 4.69) is 9.97 Å². The number of methoxy groups -OCH3 is 1. The van der Waals surface area contributed by atoms with Gasteiger partial charge in [0, 0.05) is 7.05 Å². The van der Waals surface area contributed by atoms with Gasteiger partial charge >= 0.3 is 0 Å². The maximum atomic E-state index is 8.68. The topological polar surface area (TPSA) is 62.0 Å². The van der Waals surface area contributed by atoms with Crippen molar-refractivity contribution in [1.82, 2.24) is 9.97 Å². The number of aromatic nitrogens is 2. The highest BCUT2D eigenvalue weighted by atomic mass is 16.5. The minimum atomic E-state index is 0.298. The maximum Gasteiger partial charge on any atom is 0.158 e. The summed E-state index contributed by atoms with van der Waals surface area (Å²) >= 11 is 0. The van der Waals surface area contributed by atoms with E-state index in [-0.39, 0.29) is 0 Å². The van der Waals surface area contributed by atoms with Gasteiger partial charge in [0.1, 0.15) is 11.8 Å². The minimum Gasteiger partial charge on any atom is -0.495 e. The first kappa shape index (κ1) is 11.9. The summed E-state index contributed by atoms with van der Waals surface area (Å²) in [5.74, 6) is 1.41. The van der Waals surface area contributed by atoms with Crippen molar-refractivity contribution in [3.05, 3.63) is 42.4 Å². The monoisotopic (exact) mass is 240 g/mol. The molecule has 1 aromatic carbocycles. The quantitative estimate of drug-likeness (QED) is 0.822. The van der Waals surface area contributed by atoms with Gasteiger partial charge in [-0.25, -0.2) is 9.97 Å². The molecular formula is C13H12N4O. The van der Waals surface area contributed by atoms with Crippen LogP contribution in [0.25, 0.3) is 0 Å². The van der Waals surface area contributed by atoms with Crippen LogP contribution in [0.5, 0.6) is 5.75 Å². The van der Waals surface area contributed by atoms with Crippen LogP contribution in [0.2, 0.25) is 0 Å². The molecule has 5 nitrogen and oxygen atoms in total. The number of rotatable bonds is 3. The lowest BCUT2D eigenvalue weighted by Gasteiger charge is -2.20. The Morgan fingerprint density at radius 2 is 2.00 bits per heavy atom.